The zero-order valence-electron chi connectivity index (χ0n) is 28.9. The van der Waals surface area contributed by atoms with Crippen LogP contribution in [0.15, 0.2) is 158 Å². The molecule has 5 heteroatoms. The molecule has 250 valence electrons. The molecule has 0 radical (unpaired) electrons. The molecule has 0 aliphatic carbocycles. The number of thiophene rings is 2. The third kappa shape index (κ3) is 5.94. The zero-order valence-corrected chi connectivity index (χ0v) is 30.5. The van der Waals surface area contributed by atoms with Gasteiger partial charge in [-0.25, -0.2) is 9.97 Å². The molecule has 9 rings (SSSR count). The molecular weight excluding hydrogens is 683 g/mol. The first-order valence-electron chi connectivity index (χ1n) is 17.4. The minimum absolute atomic E-state index is 0.608. The Morgan fingerprint density at radius 1 is 0.623 bits per heavy atom. The van der Waals surface area contributed by atoms with Crippen LogP contribution in [0.1, 0.15) is 28.5 Å². The Kier molecular flexibility index (Phi) is 8.32. The van der Waals surface area contributed by atoms with Crippen molar-refractivity contribution in [3.63, 3.8) is 0 Å². The van der Waals surface area contributed by atoms with Gasteiger partial charge in [-0.2, -0.15) is 5.26 Å². The molecule has 0 bridgehead atoms. The first kappa shape index (κ1) is 32.5. The van der Waals surface area contributed by atoms with Crippen molar-refractivity contribution >= 4 is 64.6 Å². The second kappa shape index (κ2) is 13.6. The van der Waals surface area contributed by atoms with E-state index in [2.05, 4.69) is 122 Å². The summed E-state index contributed by atoms with van der Waals surface area (Å²) >= 11 is 3.60. The van der Waals surface area contributed by atoms with Gasteiger partial charge in [0.05, 0.1) is 23.0 Å². The second-order valence-electron chi connectivity index (χ2n) is 12.9. The number of rotatable bonds is 7. The van der Waals surface area contributed by atoms with Gasteiger partial charge in [-0.05, 0) is 77.7 Å². The Morgan fingerprint density at radius 3 is 2.00 bits per heavy atom. The van der Waals surface area contributed by atoms with Gasteiger partial charge in [0.1, 0.15) is 0 Å². The van der Waals surface area contributed by atoms with Gasteiger partial charge in [0.2, 0.25) is 0 Å². The zero-order chi connectivity index (χ0) is 35.9. The number of aromatic nitrogens is 2. The van der Waals surface area contributed by atoms with Crippen molar-refractivity contribution in [2.24, 2.45) is 0 Å². The predicted molar refractivity (Wildman–Crippen MR) is 226 cm³/mol. The van der Waals surface area contributed by atoms with Crippen LogP contribution >= 0.6 is 22.7 Å². The van der Waals surface area contributed by atoms with Crippen LogP contribution in [0, 0.1) is 11.3 Å². The van der Waals surface area contributed by atoms with E-state index < -0.39 is 0 Å². The highest BCUT2D eigenvalue weighted by Crippen LogP contribution is 2.44. The van der Waals surface area contributed by atoms with E-state index in [1.54, 1.807) is 11.3 Å². The Bertz CT molecular complexity index is 2920. The summed E-state index contributed by atoms with van der Waals surface area (Å²) in [6.45, 7) is 6.82. The number of nitriles is 1. The average Bonchev–Trinajstić information content (AvgIpc) is 3.79. The van der Waals surface area contributed by atoms with Crippen LogP contribution in [0.4, 0.5) is 0 Å². The molecule has 0 saturated heterocycles. The highest BCUT2D eigenvalue weighted by Gasteiger charge is 2.19. The lowest BCUT2D eigenvalue weighted by Gasteiger charge is -2.14. The SMILES string of the molecule is C=C(c1cc(-c2nc(-c3ccccc3)cc(-c3ccc(C#N)cc3)n2)cc(-c2cccc3c2sc2ccccc23)c1)c1sc2ccccc2c1/C=C\C. The van der Waals surface area contributed by atoms with Gasteiger partial charge in [-0.1, -0.05) is 116 Å². The van der Waals surface area contributed by atoms with Crippen LogP contribution in [-0.4, -0.2) is 9.97 Å². The monoisotopic (exact) mass is 713 g/mol. The number of allylic oxidation sites excluding steroid dienone is 1. The van der Waals surface area contributed by atoms with E-state index in [0.717, 1.165) is 55.2 Å². The fraction of sp³-hybridized carbons (Fsp3) is 0.0208. The first-order chi connectivity index (χ1) is 26.1. The Balaban J connectivity index is 1.30. The standard InChI is InChI=1S/C48H31N3S2/c1-3-12-40-38-15-7-9-19-44(38)52-46(40)30(2)34-25-35(37-17-11-18-41-39-16-8-10-20-45(39)53-47(37)41)27-36(26-34)48-50-42(32-13-5-4-6-14-32)28-43(51-48)33-23-21-31(29-49)22-24-33/h3-28H,2H2,1H3/b12-3-. The third-order valence-electron chi connectivity index (χ3n) is 9.60. The van der Waals surface area contributed by atoms with Gasteiger partial charge in [0, 0.05) is 57.4 Å². The van der Waals surface area contributed by atoms with Crippen LogP contribution in [0.3, 0.4) is 0 Å². The maximum absolute atomic E-state index is 9.47. The summed E-state index contributed by atoms with van der Waals surface area (Å²) in [5, 5.41) is 13.2. The molecule has 9 aromatic rings. The quantitative estimate of drug-likeness (QED) is 0.165. The maximum Gasteiger partial charge on any atom is 0.160 e. The lowest BCUT2D eigenvalue weighted by Crippen LogP contribution is -1.98. The van der Waals surface area contributed by atoms with Crippen molar-refractivity contribution in [3.05, 3.63) is 180 Å². The van der Waals surface area contributed by atoms with E-state index in [-0.39, 0.29) is 0 Å². The fourth-order valence-corrected chi connectivity index (χ4v) is 9.43. The molecule has 0 atom stereocenters. The molecule has 3 heterocycles. The van der Waals surface area contributed by atoms with Crippen molar-refractivity contribution in [1.29, 1.82) is 5.26 Å². The van der Waals surface area contributed by atoms with Crippen molar-refractivity contribution in [3.8, 4) is 51.1 Å². The molecule has 3 aromatic heterocycles. The molecule has 6 aromatic carbocycles. The molecule has 0 aliphatic rings. The van der Waals surface area contributed by atoms with Crippen LogP contribution in [-0.2, 0) is 0 Å². The topological polar surface area (TPSA) is 49.6 Å². The number of benzene rings is 6. The molecule has 0 spiro atoms. The summed E-state index contributed by atoms with van der Waals surface area (Å²) < 4.78 is 3.74. The minimum atomic E-state index is 0.608. The van der Waals surface area contributed by atoms with Crippen molar-refractivity contribution in [2.45, 2.75) is 6.92 Å². The predicted octanol–water partition coefficient (Wildman–Crippen LogP) is 13.7. The normalized spacial score (nSPS) is 11.5. The van der Waals surface area contributed by atoms with Crippen molar-refractivity contribution in [1.82, 2.24) is 9.97 Å². The lowest BCUT2D eigenvalue weighted by atomic mass is 9.93. The van der Waals surface area contributed by atoms with E-state index in [0.29, 0.717) is 11.4 Å². The maximum atomic E-state index is 9.47. The van der Waals surface area contributed by atoms with Crippen molar-refractivity contribution in [2.75, 3.05) is 0 Å². The number of fused-ring (bicyclic) bond motifs is 4. The van der Waals surface area contributed by atoms with E-state index >= 15 is 0 Å². The van der Waals surface area contributed by atoms with Crippen molar-refractivity contribution < 1.29 is 0 Å². The Morgan fingerprint density at radius 2 is 1.26 bits per heavy atom. The number of hydrogen-bond acceptors (Lipinski definition) is 5. The van der Waals surface area contributed by atoms with Gasteiger partial charge in [0.15, 0.2) is 5.82 Å². The summed E-state index contributed by atoms with van der Waals surface area (Å²) in [5.74, 6) is 0.621. The third-order valence-corrected chi connectivity index (χ3v) is 12.1. The van der Waals surface area contributed by atoms with Gasteiger partial charge in [-0.3, -0.25) is 0 Å². The summed E-state index contributed by atoms with van der Waals surface area (Å²) in [6.07, 6.45) is 4.29. The molecule has 0 unspecified atom stereocenters. The summed E-state index contributed by atoms with van der Waals surface area (Å²) in [7, 11) is 0. The smallest absolute Gasteiger partial charge is 0.160 e. The van der Waals surface area contributed by atoms with E-state index in [9.17, 15) is 5.26 Å². The van der Waals surface area contributed by atoms with Crippen LogP contribution < -0.4 is 0 Å². The van der Waals surface area contributed by atoms with Crippen LogP contribution in [0.2, 0.25) is 0 Å². The highest BCUT2D eigenvalue weighted by molar-refractivity contribution is 7.26. The van der Waals surface area contributed by atoms with Crippen LogP contribution in [0.5, 0.6) is 0 Å². The second-order valence-corrected chi connectivity index (χ2v) is 15.0. The molecule has 0 fully saturated rings. The average molecular weight is 714 g/mol. The van der Waals surface area contributed by atoms with E-state index in [4.69, 9.17) is 16.5 Å². The van der Waals surface area contributed by atoms with E-state index in [1.807, 2.05) is 59.9 Å². The molecule has 0 saturated carbocycles. The van der Waals surface area contributed by atoms with Gasteiger partial charge < -0.3 is 0 Å². The molecule has 0 aliphatic heterocycles. The summed E-state index contributed by atoms with van der Waals surface area (Å²) in [4.78, 5) is 11.6. The molecular formula is C48H31N3S2. The number of hydrogen-bond donors (Lipinski definition) is 0. The summed E-state index contributed by atoms with van der Waals surface area (Å²) in [6, 6.07) is 52.5. The first-order valence-corrected chi connectivity index (χ1v) is 19.1. The summed E-state index contributed by atoms with van der Waals surface area (Å²) in [5.41, 5.74) is 10.4. The van der Waals surface area contributed by atoms with E-state index in [1.165, 1.54) is 35.8 Å². The number of nitrogens with zero attached hydrogens (tertiary/aromatic N) is 3. The fourth-order valence-electron chi connectivity index (χ4n) is 7.01. The minimum Gasteiger partial charge on any atom is -0.228 e. The molecule has 3 nitrogen and oxygen atoms in total. The van der Waals surface area contributed by atoms with Gasteiger partial charge >= 0.3 is 0 Å². The highest BCUT2D eigenvalue weighted by atomic mass is 32.1. The van der Waals surface area contributed by atoms with Gasteiger partial charge in [-0.15, -0.1) is 22.7 Å². The molecule has 0 N–H and O–H groups in total. The Hall–Kier alpha value is -6.45. The van der Waals surface area contributed by atoms with Gasteiger partial charge in [0.25, 0.3) is 0 Å². The molecule has 0 amide bonds. The Labute approximate surface area is 316 Å². The van der Waals surface area contributed by atoms with Crippen LogP contribution in [0.25, 0.3) is 86.9 Å². The molecule has 53 heavy (non-hydrogen) atoms. The largest absolute Gasteiger partial charge is 0.228 e. The lowest BCUT2D eigenvalue weighted by molar-refractivity contribution is 1.18.